The summed E-state index contributed by atoms with van der Waals surface area (Å²) < 4.78 is 5.27. The maximum atomic E-state index is 10.8. The van der Waals surface area contributed by atoms with Crippen LogP contribution in [0.25, 0.3) is 0 Å². The standard InChI is InChI=1S/C8H10N2O2S/c1-5(11)9-8-10-6-2-3-12-4-7(6)13-8/h2-4H2,1H3,(H,9,10,11). The van der Waals surface area contributed by atoms with Gasteiger partial charge >= 0.3 is 0 Å². The van der Waals surface area contributed by atoms with Crippen LogP contribution in [-0.4, -0.2) is 17.5 Å². The molecule has 2 heterocycles. The first-order valence-corrected chi connectivity index (χ1v) is 4.91. The number of nitrogens with zero attached hydrogens (tertiary/aromatic N) is 1. The number of carbonyl (C=O) groups is 1. The van der Waals surface area contributed by atoms with E-state index in [9.17, 15) is 4.79 Å². The summed E-state index contributed by atoms with van der Waals surface area (Å²) in [6, 6.07) is 0. The Hall–Kier alpha value is -0.940. The van der Waals surface area contributed by atoms with E-state index in [4.69, 9.17) is 4.74 Å². The van der Waals surface area contributed by atoms with Gasteiger partial charge < -0.3 is 10.1 Å². The molecule has 4 nitrogen and oxygen atoms in total. The Kier molecular flexibility index (Phi) is 2.28. The van der Waals surface area contributed by atoms with Crippen molar-refractivity contribution in [2.24, 2.45) is 0 Å². The second-order valence-electron chi connectivity index (χ2n) is 2.87. The van der Waals surface area contributed by atoms with Crippen molar-refractivity contribution in [1.29, 1.82) is 0 Å². The van der Waals surface area contributed by atoms with Gasteiger partial charge in [-0.25, -0.2) is 4.98 Å². The minimum atomic E-state index is -0.0768. The number of amides is 1. The molecule has 1 aromatic rings. The summed E-state index contributed by atoms with van der Waals surface area (Å²) in [4.78, 5) is 16.2. The number of hydrogen-bond acceptors (Lipinski definition) is 4. The Morgan fingerprint density at radius 3 is 3.23 bits per heavy atom. The van der Waals surface area contributed by atoms with Crippen LogP contribution in [0.5, 0.6) is 0 Å². The number of hydrogen-bond donors (Lipinski definition) is 1. The van der Waals surface area contributed by atoms with E-state index in [-0.39, 0.29) is 5.91 Å². The van der Waals surface area contributed by atoms with Gasteiger partial charge in [-0.2, -0.15) is 0 Å². The Morgan fingerprint density at radius 1 is 1.69 bits per heavy atom. The minimum Gasteiger partial charge on any atom is -0.375 e. The van der Waals surface area contributed by atoms with Crippen molar-refractivity contribution in [2.75, 3.05) is 11.9 Å². The maximum Gasteiger partial charge on any atom is 0.223 e. The molecule has 1 aromatic heterocycles. The first kappa shape index (κ1) is 8.65. The van der Waals surface area contributed by atoms with Gasteiger partial charge in [-0.1, -0.05) is 11.3 Å². The molecule has 0 radical (unpaired) electrons. The number of nitrogens with one attached hydrogen (secondary N) is 1. The highest BCUT2D eigenvalue weighted by Crippen LogP contribution is 2.26. The Bertz CT molecular complexity index is 311. The number of fused-ring (bicyclic) bond motifs is 1. The number of rotatable bonds is 1. The third kappa shape index (κ3) is 1.87. The van der Waals surface area contributed by atoms with Gasteiger partial charge in [0.25, 0.3) is 0 Å². The van der Waals surface area contributed by atoms with Gasteiger partial charge in [0.2, 0.25) is 5.91 Å². The van der Waals surface area contributed by atoms with Crippen LogP contribution < -0.4 is 5.32 Å². The average Bonchev–Trinajstić information content (AvgIpc) is 2.44. The molecule has 0 fully saturated rings. The van der Waals surface area contributed by atoms with E-state index >= 15 is 0 Å². The second-order valence-corrected chi connectivity index (χ2v) is 3.96. The molecule has 0 aliphatic carbocycles. The predicted octanol–water partition coefficient (Wildman–Crippen LogP) is 1.17. The van der Waals surface area contributed by atoms with Crippen molar-refractivity contribution in [1.82, 2.24) is 4.98 Å². The molecule has 1 amide bonds. The Labute approximate surface area is 79.9 Å². The molecule has 13 heavy (non-hydrogen) atoms. The molecular weight excluding hydrogens is 188 g/mol. The first-order valence-electron chi connectivity index (χ1n) is 4.09. The molecular formula is C8H10N2O2S. The van der Waals surface area contributed by atoms with Crippen molar-refractivity contribution in [3.63, 3.8) is 0 Å². The zero-order valence-corrected chi connectivity index (χ0v) is 8.11. The summed E-state index contributed by atoms with van der Waals surface area (Å²) in [5.41, 5.74) is 1.07. The summed E-state index contributed by atoms with van der Waals surface area (Å²) in [7, 11) is 0. The summed E-state index contributed by atoms with van der Waals surface area (Å²) in [6.45, 7) is 2.85. The van der Waals surface area contributed by atoms with Crippen LogP contribution in [0, 0.1) is 0 Å². The normalized spacial score (nSPS) is 15.2. The largest absolute Gasteiger partial charge is 0.375 e. The predicted molar refractivity (Wildman–Crippen MR) is 49.8 cm³/mol. The van der Waals surface area contributed by atoms with Gasteiger partial charge in [0.1, 0.15) is 0 Å². The molecule has 5 heteroatoms. The summed E-state index contributed by atoms with van der Waals surface area (Å²) >= 11 is 1.50. The van der Waals surface area contributed by atoms with Crippen LogP contribution in [-0.2, 0) is 22.6 Å². The van der Waals surface area contributed by atoms with E-state index in [1.54, 1.807) is 0 Å². The molecule has 1 N–H and O–H groups in total. The molecule has 0 aromatic carbocycles. The third-order valence-corrected chi connectivity index (χ3v) is 2.76. The summed E-state index contributed by atoms with van der Waals surface area (Å²) in [5.74, 6) is -0.0768. The Morgan fingerprint density at radius 2 is 2.54 bits per heavy atom. The second kappa shape index (κ2) is 3.43. The van der Waals surface area contributed by atoms with E-state index in [2.05, 4.69) is 10.3 Å². The molecule has 0 saturated heterocycles. The van der Waals surface area contributed by atoms with Crippen molar-refractivity contribution in [2.45, 2.75) is 20.0 Å². The maximum absolute atomic E-state index is 10.8. The number of aromatic nitrogens is 1. The highest BCUT2D eigenvalue weighted by molar-refractivity contribution is 7.15. The van der Waals surface area contributed by atoms with E-state index in [1.165, 1.54) is 18.3 Å². The van der Waals surface area contributed by atoms with Crippen molar-refractivity contribution >= 4 is 22.4 Å². The highest BCUT2D eigenvalue weighted by atomic mass is 32.1. The number of anilines is 1. The van der Waals surface area contributed by atoms with Crippen molar-refractivity contribution in [3.8, 4) is 0 Å². The van der Waals surface area contributed by atoms with E-state index in [0.29, 0.717) is 11.7 Å². The molecule has 0 saturated carbocycles. The average molecular weight is 198 g/mol. The molecule has 70 valence electrons. The van der Waals surface area contributed by atoms with Gasteiger partial charge in [-0.15, -0.1) is 0 Å². The van der Waals surface area contributed by atoms with Crippen LogP contribution in [0.3, 0.4) is 0 Å². The van der Waals surface area contributed by atoms with E-state index in [0.717, 1.165) is 23.6 Å². The lowest BCUT2D eigenvalue weighted by Crippen LogP contribution is -2.08. The Balaban J connectivity index is 2.20. The molecule has 0 unspecified atom stereocenters. The number of carbonyl (C=O) groups excluding carboxylic acids is 1. The van der Waals surface area contributed by atoms with Gasteiger partial charge in [0, 0.05) is 13.3 Å². The fraction of sp³-hybridized carbons (Fsp3) is 0.500. The number of ether oxygens (including phenoxy) is 1. The fourth-order valence-corrected chi connectivity index (χ4v) is 2.22. The molecule has 0 atom stereocenters. The van der Waals surface area contributed by atoms with E-state index < -0.39 is 0 Å². The van der Waals surface area contributed by atoms with Gasteiger partial charge in [0.05, 0.1) is 23.8 Å². The third-order valence-electron chi connectivity index (χ3n) is 1.78. The van der Waals surface area contributed by atoms with Crippen LogP contribution in [0.15, 0.2) is 0 Å². The molecule has 1 aliphatic rings. The zero-order valence-electron chi connectivity index (χ0n) is 7.29. The van der Waals surface area contributed by atoms with Crippen LogP contribution in [0.4, 0.5) is 5.13 Å². The summed E-state index contributed by atoms with van der Waals surface area (Å²) in [5, 5.41) is 3.36. The lowest BCUT2D eigenvalue weighted by atomic mass is 10.2. The minimum absolute atomic E-state index is 0.0768. The van der Waals surface area contributed by atoms with Crippen molar-refractivity contribution < 1.29 is 9.53 Å². The first-order chi connectivity index (χ1) is 6.25. The molecule has 0 spiro atoms. The van der Waals surface area contributed by atoms with Crippen LogP contribution >= 0.6 is 11.3 Å². The SMILES string of the molecule is CC(=O)Nc1nc2c(s1)COCC2. The molecule has 0 bridgehead atoms. The summed E-state index contributed by atoms with van der Waals surface area (Å²) in [6.07, 6.45) is 0.853. The zero-order chi connectivity index (χ0) is 9.26. The highest BCUT2D eigenvalue weighted by Gasteiger charge is 2.15. The topological polar surface area (TPSA) is 51.2 Å². The monoisotopic (exact) mass is 198 g/mol. The number of thiazole rings is 1. The van der Waals surface area contributed by atoms with Gasteiger partial charge in [0.15, 0.2) is 5.13 Å². The fourth-order valence-electron chi connectivity index (χ4n) is 1.23. The molecule has 2 rings (SSSR count). The smallest absolute Gasteiger partial charge is 0.223 e. The van der Waals surface area contributed by atoms with Gasteiger partial charge in [-0.3, -0.25) is 4.79 Å². The van der Waals surface area contributed by atoms with E-state index in [1.807, 2.05) is 0 Å². The van der Waals surface area contributed by atoms with Crippen LogP contribution in [0.2, 0.25) is 0 Å². The quantitative estimate of drug-likeness (QED) is 0.737. The lowest BCUT2D eigenvalue weighted by Gasteiger charge is -2.08. The van der Waals surface area contributed by atoms with Gasteiger partial charge in [-0.05, 0) is 0 Å². The lowest BCUT2D eigenvalue weighted by molar-refractivity contribution is -0.114. The van der Waals surface area contributed by atoms with Crippen LogP contribution in [0.1, 0.15) is 17.5 Å². The molecule has 1 aliphatic heterocycles. The van der Waals surface area contributed by atoms with Crippen molar-refractivity contribution in [3.05, 3.63) is 10.6 Å².